The molecule has 0 aliphatic carbocycles. The molecule has 0 atom stereocenters. The molecule has 3 aromatic carbocycles. The molecule has 0 bridgehead atoms. The molecule has 0 saturated carbocycles. The Labute approximate surface area is 192 Å². The summed E-state index contributed by atoms with van der Waals surface area (Å²) in [6.45, 7) is 1.19. The van der Waals surface area contributed by atoms with Crippen molar-refractivity contribution in [1.29, 1.82) is 0 Å². The number of nitrogens with one attached hydrogen (secondary N) is 1. The number of carbonyl (C=O) groups excluding carboxylic acids is 1. The summed E-state index contributed by atoms with van der Waals surface area (Å²) in [6, 6.07) is 26.9. The van der Waals surface area contributed by atoms with Crippen LogP contribution in [-0.4, -0.2) is 15.9 Å². The second-order valence-electron chi connectivity index (χ2n) is 7.42. The van der Waals surface area contributed by atoms with Crippen LogP contribution in [0.4, 0.5) is 5.82 Å². The van der Waals surface area contributed by atoms with Gasteiger partial charge >= 0.3 is 0 Å². The highest BCUT2D eigenvalue weighted by Crippen LogP contribution is 2.20. The van der Waals surface area contributed by atoms with E-state index in [-0.39, 0.29) is 12.5 Å². The molecule has 0 aliphatic heterocycles. The number of carbonyl (C=O) groups is 1. The van der Waals surface area contributed by atoms with Crippen molar-refractivity contribution in [2.75, 3.05) is 5.73 Å². The molecular formula is C26H24N6O. The number of aromatic nitrogens is 2. The fraction of sp³-hybridized carbons (Fsp3) is 0.115. The molecule has 7 heteroatoms. The number of nitrogen functional groups attached to an aromatic ring is 1. The van der Waals surface area contributed by atoms with Crippen LogP contribution >= 0.6 is 0 Å². The highest BCUT2D eigenvalue weighted by atomic mass is 16.1. The summed E-state index contributed by atoms with van der Waals surface area (Å²) in [5, 5.41) is 11.4. The normalized spacial score (nSPS) is 10.9. The zero-order valence-corrected chi connectivity index (χ0v) is 18.1. The van der Waals surface area contributed by atoms with Gasteiger partial charge in [-0.3, -0.25) is 4.79 Å². The lowest BCUT2D eigenvalue weighted by Crippen LogP contribution is -2.22. The van der Waals surface area contributed by atoms with Crippen LogP contribution < -0.4 is 11.1 Å². The Balaban J connectivity index is 1.43. The number of amides is 1. The van der Waals surface area contributed by atoms with Crippen LogP contribution in [0.3, 0.4) is 0 Å². The van der Waals surface area contributed by atoms with Gasteiger partial charge in [-0.2, -0.15) is 10.2 Å². The van der Waals surface area contributed by atoms with Crippen LogP contribution in [0.1, 0.15) is 27.2 Å². The SMILES string of the molecule is Nc1ncc(-c2cccc(C(=O)NCc3ccccc3)c2)nc1CN=NCc1ccccc1. The fourth-order valence-corrected chi connectivity index (χ4v) is 3.22. The van der Waals surface area contributed by atoms with E-state index in [0.717, 1.165) is 16.7 Å². The first-order valence-electron chi connectivity index (χ1n) is 10.6. The van der Waals surface area contributed by atoms with Crippen molar-refractivity contribution in [3.8, 4) is 11.3 Å². The minimum Gasteiger partial charge on any atom is -0.382 e. The van der Waals surface area contributed by atoms with Crippen molar-refractivity contribution in [3.05, 3.63) is 114 Å². The third-order valence-electron chi connectivity index (χ3n) is 5.01. The van der Waals surface area contributed by atoms with Crippen LogP contribution in [0.25, 0.3) is 11.3 Å². The maximum atomic E-state index is 12.6. The fourth-order valence-electron chi connectivity index (χ4n) is 3.22. The molecule has 0 saturated heterocycles. The van der Waals surface area contributed by atoms with Gasteiger partial charge in [0.2, 0.25) is 0 Å². The number of benzene rings is 3. The van der Waals surface area contributed by atoms with Crippen LogP contribution in [0.5, 0.6) is 0 Å². The molecule has 0 radical (unpaired) electrons. The monoisotopic (exact) mass is 436 g/mol. The van der Waals surface area contributed by atoms with E-state index >= 15 is 0 Å². The van der Waals surface area contributed by atoms with E-state index in [1.54, 1.807) is 18.3 Å². The van der Waals surface area contributed by atoms with Crippen LogP contribution in [0.2, 0.25) is 0 Å². The number of hydrogen-bond donors (Lipinski definition) is 2. The third-order valence-corrected chi connectivity index (χ3v) is 5.01. The highest BCUT2D eigenvalue weighted by Gasteiger charge is 2.10. The van der Waals surface area contributed by atoms with E-state index in [1.807, 2.05) is 72.8 Å². The van der Waals surface area contributed by atoms with Gasteiger partial charge in [0.25, 0.3) is 5.91 Å². The van der Waals surface area contributed by atoms with Gasteiger partial charge in [-0.15, -0.1) is 0 Å². The second-order valence-corrected chi connectivity index (χ2v) is 7.42. The Bertz CT molecular complexity index is 1240. The zero-order valence-electron chi connectivity index (χ0n) is 18.1. The first kappa shape index (κ1) is 21.8. The molecule has 164 valence electrons. The van der Waals surface area contributed by atoms with E-state index in [2.05, 4.69) is 25.5 Å². The van der Waals surface area contributed by atoms with E-state index in [0.29, 0.717) is 35.9 Å². The average Bonchev–Trinajstić information content (AvgIpc) is 2.87. The van der Waals surface area contributed by atoms with Gasteiger partial charge in [-0.25, -0.2) is 9.97 Å². The van der Waals surface area contributed by atoms with E-state index < -0.39 is 0 Å². The summed E-state index contributed by atoms with van der Waals surface area (Å²) < 4.78 is 0. The smallest absolute Gasteiger partial charge is 0.251 e. The largest absolute Gasteiger partial charge is 0.382 e. The van der Waals surface area contributed by atoms with Crippen LogP contribution in [-0.2, 0) is 19.6 Å². The zero-order chi connectivity index (χ0) is 22.9. The van der Waals surface area contributed by atoms with Crippen molar-refractivity contribution < 1.29 is 4.79 Å². The first-order valence-corrected chi connectivity index (χ1v) is 10.6. The van der Waals surface area contributed by atoms with Gasteiger partial charge in [0.05, 0.1) is 18.4 Å². The van der Waals surface area contributed by atoms with Crippen LogP contribution in [0.15, 0.2) is 101 Å². The molecule has 4 aromatic rings. The van der Waals surface area contributed by atoms with Crippen molar-refractivity contribution in [2.24, 2.45) is 10.2 Å². The molecule has 4 rings (SSSR count). The molecular weight excluding hydrogens is 412 g/mol. The van der Waals surface area contributed by atoms with E-state index in [9.17, 15) is 4.79 Å². The average molecular weight is 437 g/mol. The molecule has 0 spiro atoms. The molecule has 1 amide bonds. The molecule has 7 nitrogen and oxygen atoms in total. The summed E-state index contributed by atoms with van der Waals surface area (Å²) >= 11 is 0. The van der Waals surface area contributed by atoms with E-state index in [4.69, 9.17) is 5.73 Å². The maximum Gasteiger partial charge on any atom is 0.251 e. The quantitative estimate of drug-likeness (QED) is 0.387. The van der Waals surface area contributed by atoms with Gasteiger partial charge in [-0.1, -0.05) is 72.8 Å². The van der Waals surface area contributed by atoms with Crippen molar-refractivity contribution in [1.82, 2.24) is 15.3 Å². The Kier molecular flexibility index (Phi) is 7.12. The maximum absolute atomic E-state index is 12.6. The lowest BCUT2D eigenvalue weighted by Gasteiger charge is -2.08. The molecule has 1 heterocycles. The molecule has 0 unspecified atom stereocenters. The van der Waals surface area contributed by atoms with Crippen molar-refractivity contribution in [3.63, 3.8) is 0 Å². The predicted octanol–water partition coefficient (Wildman–Crippen LogP) is 4.81. The lowest BCUT2D eigenvalue weighted by atomic mass is 10.1. The Hall–Kier alpha value is -4.39. The predicted molar refractivity (Wildman–Crippen MR) is 128 cm³/mol. The van der Waals surface area contributed by atoms with Crippen LogP contribution in [0, 0.1) is 0 Å². The van der Waals surface area contributed by atoms with Gasteiger partial charge in [0, 0.05) is 17.7 Å². The van der Waals surface area contributed by atoms with Gasteiger partial charge < -0.3 is 11.1 Å². The molecule has 0 aliphatic rings. The number of rotatable bonds is 8. The first-order chi connectivity index (χ1) is 16.2. The number of nitrogens with two attached hydrogens (primary N) is 1. The minimum absolute atomic E-state index is 0.154. The molecule has 3 N–H and O–H groups in total. The highest BCUT2D eigenvalue weighted by molar-refractivity contribution is 5.95. The lowest BCUT2D eigenvalue weighted by molar-refractivity contribution is 0.0951. The third kappa shape index (κ3) is 6.07. The van der Waals surface area contributed by atoms with Gasteiger partial charge in [0.1, 0.15) is 18.1 Å². The molecule has 1 aromatic heterocycles. The van der Waals surface area contributed by atoms with E-state index in [1.165, 1.54) is 0 Å². The standard InChI is InChI=1S/C26H24N6O/c27-25-24(18-31-30-16-20-10-5-2-6-11-20)32-23(17-28-25)21-12-7-13-22(14-21)26(33)29-15-19-8-3-1-4-9-19/h1-14,17H,15-16,18H2,(H2,27,28)(H,29,33). The number of hydrogen-bond acceptors (Lipinski definition) is 6. The molecule has 0 fully saturated rings. The van der Waals surface area contributed by atoms with Gasteiger partial charge in [0.15, 0.2) is 0 Å². The Morgan fingerprint density at radius 2 is 1.55 bits per heavy atom. The summed E-state index contributed by atoms with van der Waals surface area (Å²) in [5.74, 6) is 0.160. The number of nitrogens with zero attached hydrogens (tertiary/aromatic N) is 4. The Morgan fingerprint density at radius 3 is 2.30 bits per heavy atom. The minimum atomic E-state index is -0.154. The number of anilines is 1. The van der Waals surface area contributed by atoms with Crippen molar-refractivity contribution in [2.45, 2.75) is 19.6 Å². The summed E-state index contributed by atoms with van der Waals surface area (Å²) in [4.78, 5) is 21.5. The Morgan fingerprint density at radius 1 is 0.848 bits per heavy atom. The summed E-state index contributed by atoms with van der Waals surface area (Å²) in [6.07, 6.45) is 1.60. The second kappa shape index (κ2) is 10.8. The topological polar surface area (TPSA) is 106 Å². The van der Waals surface area contributed by atoms with Gasteiger partial charge in [-0.05, 0) is 23.3 Å². The number of azo groups is 1. The van der Waals surface area contributed by atoms with Crippen molar-refractivity contribution >= 4 is 11.7 Å². The summed E-state index contributed by atoms with van der Waals surface area (Å²) in [7, 11) is 0. The summed E-state index contributed by atoms with van der Waals surface area (Å²) in [5.41, 5.74) is 10.6. The molecule has 33 heavy (non-hydrogen) atoms.